The number of oxime groups is 1. The maximum absolute atomic E-state index is 13.0. The van der Waals surface area contributed by atoms with Gasteiger partial charge in [-0.3, -0.25) is 4.79 Å². The number of nitrogens with zero attached hydrogens (tertiary/aromatic N) is 2. The maximum Gasteiger partial charge on any atom is 0.306 e. The minimum atomic E-state index is -0.639. The third-order valence-electron chi connectivity index (χ3n) is 9.82. The number of fused-ring (bicyclic) bond motifs is 4. The number of hydrogen-bond acceptors (Lipinski definition) is 5. The fraction of sp³-hybridized carbons (Fsp3) is 0.767. The molecule has 0 aromatic carbocycles. The summed E-state index contributed by atoms with van der Waals surface area (Å²) in [6.45, 7) is 4.54. The summed E-state index contributed by atoms with van der Waals surface area (Å²) in [5.41, 5.74) is 4.49. The molecule has 2 unspecified atom stereocenters. The Kier molecular flexibility index (Phi) is 8.40. The molecule has 0 radical (unpaired) electrons. The van der Waals surface area contributed by atoms with Crippen molar-refractivity contribution in [1.82, 2.24) is 0 Å². The number of hydrogen-bond donors (Lipinski definition) is 1. The summed E-state index contributed by atoms with van der Waals surface area (Å²) in [6.07, 6.45) is 18.9. The van der Waals surface area contributed by atoms with Gasteiger partial charge < -0.3 is 9.94 Å². The van der Waals surface area contributed by atoms with Crippen molar-refractivity contribution in [1.29, 1.82) is 5.26 Å². The Morgan fingerprint density at radius 3 is 2.63 bits per heavy atom. The topological polar surface area (TPSA) is 82.7 Å². The second kappa shape index (κ2) is 11.3. The van der Waals surface area contributed by atoms with E-state index in [-0.39, 0.29) is 11.4 Å². The third-order valence-corrected chi connectivity index (χ3v) is 9.82. The molecule has 5 heteroatoms. The summed E-state index contributed by atoms with van der Waals surface area (Å²) in [7, 11) is 0. The summed E-state index contributed by atoms with van der Waals surface area (Å²) >= 11 is 0. The second-order valence-electron chi connectivity index (χ2n) is 11.6. The molecule has 4 rings (SSSR count). The highest BCUT2D eigenvalue weighted by Crippen LogP contribution is 2.65. The first-order valence-corrected chi connectivity index (χ1v) is 14.2. The normalized spacial score (nSPS) is 32.9. The summed E-state index contributed by atoms with van der Waals surface area (Å²) < 4.78 is 6.34. The minimum absolute atomic E-state index is 0.100. The Balaban J connectivity index is 1.44. The van der Waals surface area contributed by atoms with E-state index in [9.17, 15) is 15.3 Å². The number of rotatable bonds is 10. The zero-order valence-electron chi connectivity index (χ0n) is 21.9. The van der Waals surface area contributed by atoms with Crippen LogP contribution in [0.2, 0.25) is 0 Å². The molecule has 2 fully saturated rings. The van der Waals surface area contributed by atoms with Crippen molar-refractivity contribution >= 4 is 11.7 Å². The van der Waals surface area contributed by atoms with Crippen molar-refractivity contribution in [3.8, 4) is 6.07 Å². The quantitative estimate of drug-likeness (QED) is 0.150. The summed E-state index contributed by atoms with van der Waals surface area (Å²) in [4.78, 5) is 13.0. The SMILES string of the molecule is CCCCCCCCCC(=O)O[C@@]1(CC#N)CCC2C3CCC4=CC(=NO)CCC4=C3CC[C@@]21C. The van der Waals surface area contributed by atoms with Crippen LogP contribution in [-0.2, 0) is 9.53 Å². The van der Waals surface area contributed by atoms with Crippen LogP contribution in [-0.4, -0.2) is 22.5 Å². The van der Waals surface area contributed by atoms with Crippen LogP contribution in [0.25, 0.3) is 0 Å². The fourth-order valence-corrected chi connectivity index (χ4v) is 7.83. The van der Waals surface area contributed by atoms with Crippen LogP contribution in [0.3, 0.4) is 0 Å². The Bertz CT molecular complexity index is 926. The van der Waals surface area contributed by atoms with Gasteiger partial charge in [0.1, 0.15) is 5.60 Å². The molecule has 0 heterocycles. The lowest BCUT2D eigenvalue weighted by Crippen LogP contribution is -2.52. The molecule has 0 aromatic rings. The number of nitriles is 1. The number of allylic oxidation sites excluding steroid dienone is 4. The number of ether oxygens (including phenoxy) is 1. The largest absolute Gasteiger partial charge is 0.457 e. The Morgan fingerprint density at radius 1 is 1.11 bits per heavy atom. The van der Waals surface area contributed by atoms with Gasteiger partial charge in [-0.15, -0.1) is 0 Å². The minimum Gasteiger partial charge on any atom is -0.457 e. The standard InChI is InChI=1S/C30H44N2O3/c1-3-4-5-6-7-8-9-10-28(33)35-30(19-20-31)18-16-27-26-13-11-22-21-23(32-34)12-14-24(22)25(26)15-17-29(27,30)2/h21,26-27,34H,3-19H2,1-2H3/t26?,27?,29-,30+/m0/s1. The molecule has 0 saturated heterocycles. The van der Waals surface area contributed by atoms with Crippen molar-refractivity contribution in [3.63, 3.8) is 0 Å². The smallest absolute Gasteiger partial charge is 0.306 e. The molecule has 4 aliphatic carbocycles. The van der Waals surface area contributed by atoms with E-state index in [4.69, 9.17) is 4.74 Å². The average molecular weight is 481 g/mol. The molecule has 4 atom stereocenters. The molecular formula is C30H44N2O3. The molecule has 192 valence electrons. The predicted molar refractivity (Wildman–Crippen MR) is 138 cm³/mol. The molecule has 0 aromatic heterocycles. The van der Waals surface area contributed by atoms with E-state index < -0.39 is 5.60 Å². The molecule has 2 saturated carbocycles. The zero-order valence-corrected chi connectivity index (χ0v) is 21.9. The van der Waals surface area contributed by atoms with E-state index in [1.54, 1.807) is 5.57 Å². The molecule has 35 heavy (non-hydrogen) atoms. The predicted octanol–water partition coefficient (Wildman–Crippen LogP) is 7.79. The first kappa shape index (κ1) is 26.0. The molecule has 1 N–H and O–H groups in total. The van der Waals surface area contributed by atoms with Gasteiger partial charge in [-0.1, -0.05) is 63.1 Å². The second-order valence-corrected chi connectivity index (χ2v) is 11.6. The lowest BCUT2D eigenvalue weighted by atomic mass is 9.54. The summed E-state index contributed by atoms with van der Waals surface area (Å²) in [5.74, 6) is 0.889. The molecular weight excluding hydrogens is 436 g/mol. The van der Waals surface area contributed by atoms with Gasteiger partial charge in [0.15, 0.2) is 0 Å². The number of carbonyl (C=O) groups is 1. The van der Waals surface area contributed by atoms with Crippen LogP contribution in [0.5, 0.6) is 0 Å². The lowest BCUT2D eigenvalue weighted by molar-refractivity contribution is -0.177. The van der Waals surface area contributed by atoms with E-state index in [1.807, 2.05) is 0 Å². The van der Waals surface area contributed by atoms with E-state index in [1.165, 1.54) is 43.3 Å². The molecule has 0 aliphatic heterocycles. The highest BCUT2D eigenvalue weighted by Gasteiger charge is 2.63. The van der Waals surface area contributed by atoms with Gasteiger partial charge >= 0.3 is 5.97 Å². The van der Waals surface area contributed by atoms with Crippen molar-refractivity contribution < 1.29 is 14.7 Å². The summed E-state index contributed by atoms with van der Waals surface area (Å²) in [6, 6.07) is 2.40. The van der Waals surface area contributed by atoms with Gasteiger partial charge in [0.25, 0.3) is 0 Å². The molecule has 5 nitrogen and oxygen atoms in total. The van der Waals surface area contributed by atoms with E-state index in [0.29, 0.717) is 24.7 Å². The lowest BCUT2D eigenvalue weighted by Gasteiger charge is -2.52. The van der Waals surface area contributed by atoms with Gasteiger partial charge in [-0.2, -0.15) is 5.26 Å². The molecule has 4 aliphatic rings. The number of carbonyl (C=O) groups excluding carboxylic acids is 1. The van der Waals surface area contributed by atoms with E-state index in [2.05, 4.69) is 31.1 Å². The van der Waals surface area contributed by atoms with Crippen LogP contribution in [0.4, 0.5) is 0 Å². The van der Waals surface area contributed by atoms with E-state index in [0.717, 1.165) is 69.9 Å². The van der Waals surface area contributed by atoms with Gasteiger partial charge in [0.05, 0.1) is 18.2 Å². The third kappa shape index (κ3) is 5.09. The number of unbranched alkanes of at least 4 members (excludes halogenated alkanes) is 6. The Labute approximate surface area is 211 Å². The van der Waals surface area contributed by atoms with Gasteiger partial charge in [0, 0.05) is 11.8 Å². The maximum atomic E-state index is 13.0. The van der Waals surface area contributed by atoms with Gasteiger partial charge in [0.2, 0.25) is 0 Å². The van der Waals surface area contributed by atoms with Crippen molar-refractivity contribution in [2.24, 2.45) is 22.4 Å². The average Bonchev–Trinajstić information content (AvgIpc) is 3.14. The van der Waals surface area contributed by atoms with Crippen molar-refractivity contribution in [2.75, 3.05) is 0 Å². The first-order valence-electron chi connectivity index (χ1n) is 14.2. The highest BCUT2D eigenvalue weighted by atomic mass is 16.6. The Hall–Kier alpha value is -2.09. The van der Waals surface area contributed by atoms with Crippen molar-refractivity contribution in [3.05, 3.63) is 22.8 Å². The zero-order chi connectivity index (χ0) is 24.9. The van der Waals surface area contributed by atoms with Crippen LogP contribution in [0.1, 0.15) is 123 Å². The molecule has 0 spiro atoms. The van der Waals surface area contributed by atoms with Crippen LogP contribution in [0.15, 0.2) is 28.0 Å². The number of esters is 1. The first-order chi connectivity index (χ1) is 17.0. The van der Waals surface area contributed by atoms with Crippen LogP contribution >= 0.6 is 0 Å². The van der Waals surface area contributed by atoms with Crippen molar-refractivity contribution in [2.45, 2.75) is 129 Å². The van der Waals surface area contributed by atoms with Gasteiger partial charge in [-0.05, 0) is 86.8 Å². The Morgan fingerprint density at radius 2 is 1.89 bits per heavy atom. The molecule has 0 bridgehead atoms. The van der Waals surface area contributed by atoms with Gasteiger partial charge in [-0.25, -0.2) is 0 Å². The summed E-state index contributed by atoms with van der Waals surface area (Å²) in [5, 5.41) is 22.4. The van der Waals surface area contributed by atoms with E-state index >= 15 is 0 Å². The highest BCUT2D eigenvalue weighted by molar-refractivity contribution is 5.97. The monoisotopic (exact) mass is 480 g/mol. The van der Waals surface area contributed by atoms with Crippen LogP contribution < -0.4 is 0 Å². The van der Waals surface area contributed by atoms with Crippen LogP contribution in [0, 0.1) is 28.6 Å². The fourth-order valence-electron chi connectivity index (χ4n) is 7.83. The molecule has 0 amide bonds.